The summed E-state index contributed by atoms with van der Waals surface area (Å²) in [5, 5.41) is 0. The molecule has 122 valence electrons. The lowest BCUT2D eigenvalue weighted by molar-refractivity contribution is 0.257. The number of nitrogens with zero attached hydrogens (tertiary/aromatic N) is 1. The van der Waals surface area contributed by atoms with Crippen molar-refractivity contribution in [3.05, 3.63) is 54.6 Å². The Morgan fingerprint density at radius 1 is 1.00 bits per heavy atom. The van der Waals surface area contributed by atoms with Crippen LogP contribution in [0.25, 0.3) is 11.1 Å². The summed E-state index contributed by atoms with van der Waals surface area (Å²) in [4.78, 5) is 0.367. The minimum absolute atomic E-state index is 0.0995. The molecule has 23 heavy (non-hydrogen) atoms. The number of nitrogens with two attached hydrogens (primary N) is 1. The van der Waals surface area contributed by atoms with Gasteiger partial charge in [-0.15, -0.1) is 0 Å². The van der Waals surface area contributed by atoms with Crippen LogP contribution in [0.5, 0.6) is 0 Å². The molecule has 1 unspecified atom stereocenters. The van der Waals surface area contributed by atoms with Crippen LogP contribution in [0.4, 0.5) is 0 Å². The second kappa shape index (κ2) is 6.83. The average Bonchev–Trinajstić information content (AvgIpc) is 2.62. The number of hydrogen-bond donors (Lipinski definition) is 1. The number of rotatable bonds is 4. The van der Waals surface area contributed by atoms with E-state index in [2.05, 4.69) is 0 Å². The van der Waals surface area contributed by atoms with E-state index in [0.717, 1.165) is 30.4 Å². The first kappa shape index (κ1) is 16.2. The molecule has 1 fully saturated rings. The van der Waals surface area contributed by atoms with E-state index >= 15 is 0 Å². The van der Waals surface area contributed by atoms with Crippen molar-refractivity contribution in [3.63, 3.8) is 0 Å². The molecule has 5 heteroatoms. The van der Waals surface area contributed by atoms with Crippen molar-refractivity contribution in [2.45, 2.75) is 30.2 Å². The molecule has 0 bridgehead atoms. The highest BCUT2D eigenvalue weighted by Gasteiger charge is 2.34. The van der Waals surface area contributed by atoms with Gasteiger partial charge in [-0.25, -0.2) is 8.42 Å². The van der Waals surface area contributed by atoms with Gasteiger partial charge in [0.15, 0.2) is 0 Å². The number of benzene rings is 2. The van der Waals surface area contributed by atoms with Gasteiger partial charge in [0, 0.05) is 24.7 Å². The summed E-state index contributed by atoms with van der Waals surface area (Å²) in [6.45, 7) is 0.917. The second-order valence-electron chi connectivity index (χ2n) is 5.86. The Labute approximate surface area is 138 Å². The fourth-order valence-electron chi connectivity index (χ4n) is 3.20. The Morgan fingerprint density at radius 3 is 2.43 bits per heavy atom. The zero-order chi connectivity index (χ0) is 16.3. The lowest BCUT2D eigenvalue weighted by Crippen LogP contribution is -2.47. The summed E-state index contributed by atoms with van der Waals surface area (Å²) in [5.41, 5.74) is 7.47. The zero-order valence-corrected chi connectivity index (χ0v) is 13.9. The molecule has 2 aromatic rings. The molecule has 1 aliphatic rings. The predicted octanol–water partition coefficient (Wildman–Crippen LogP) is 2.86. The fourth-order valence-corrected chi connectivity index (χ4v) is 5.12. The van der Waals surface area contributed by atoms with Gasteiger partial charge in [0.2, 0.25) is 10.0 Å². The minimum atomic E-state index is -3.55. The molecule has 4 nitrogen and oxygen atoms in total. The standard InChI is InChI=1S/C18H22N2O2S/c19-14-16-10-6-7-13-20(16)23(21,22)18-12-5-4-11-17(18)15-8-2-1-3-9-15/h1-5,8-9,11-12,16H,6-7,10,13-14,19H2. The van der Waals surface area contributed by atoms with Gasteiger partial charge in [-0.3, -0.25) is 0 Å². The smallest absolute Gasteiger partial charge is 0.243 e. The fraction of sp³-hybridized carbons (Fsp3) is 0.333. The molecule has 3 rings (SSSR count). The summed E-state index contributed by atoms with van der Waals surface area (Å²) in [6.07, 6.45) is 2.76. The molecule has 0 aromatic heterocycles. The van der Waals surface area contributed by atoms with Gasteiger partial charge in [-0.2, -0.15) is 4.31 Å². The highest BCUT2D eigenvalue weighted by atomic mass is 32.2. The Kier molecular flexibility index (Phi) is 4.80. The van der Waals surface area contributed by atoms with Crippen molar-refractivity contribution < 1.29 is 8.42 Å². The lowest BCUT2D eigenvalue weighted by Gasteiger charge is -2.34. The van der Waals surface area contributed by atoms with E-state index in [1.54, 1.807) is 16.4 Å². The van der Waals surface area contributed by atoms with Crippen molar-refractivity contribution in [1.29, 1.82) is 0 Å². The lowest BCUT2D eigenvalue weighted by atomic mass is 10.1. The first-order chi connectivity index (χ1) is 11.1. The van der Waals surface area contributed by atoms with Gasteiger partial charge in [0.25, 0.3) is 0 Å². The Balaban J connectivity index is 2.07. The molecule has 1 atom stereocenters. The van der Waals surface area contributed by atoms with Crippen LogP contribution in [-0.4, -0.2) is 31.9 Å². The molecule has 0 amide bonds. The molecule has 0 aliphatic carbocycles. The summed E-state index contributed by atoms with van der Waals surface area (Å²) in [5.74, 6) is 0. The summed E-state index contributed by atoms with van der Waals surface area (Å²) >= 11 is 0. The van der Waals surface area contributed by atoms with E-state index in [-0.39, 0.29) is 6.04 Å². The van der Waals surface area contributed by atoms with E-state index < -0.39 is 10.0 Å². The molecular formula is C18H22N2O2S. The second-order valence-corrected chi connectivity index (χ2v) is 7.72. The maximum atomic E-state index is 13.2. The third-order valence-electron chi connectivity index (χ3n) is 4.40. The monoisotopic (exact) mass is 330 g/mol. The van der Waals surface area contributed by atoms with Crippen LogP contribution in [0.15, 0.2) is 59.5 Å². The van der Waals surface area contributed by atoms with Gasteiger partial charge in [0.05, 0.1) is 4.90 Å². The van der Waals surface area contributed by atoms with E-state index in [1.165, 1.54) is 0 Å². The van der Waals surface area contributed by atoms with E-state index in [9.17, 15) is 8.42 Å². The maximum absolute atomic E-state index is 13.2. The van der Waals surface area contributed by atoms with Gasteiger partial charge < -0.3 is 5.73 Å². The third-order valence-corrected chi connectivity index (χ3v) is 6.41. The largest absolute Gasteiger partial charge is 0.329 e. The third kappa shape index (κ3) is 3.17. The molecule has 2 N–H and O–H groups in total. The Morgan fingerprint density at radius 2 is 1.70 bits per heavy atom. The van der Waals surface area contributed by atoms with Crippen LogP contribution in [0, 0.1) is 0 Å². The molecule has 1 heterocycles. The van der Waals surface area contributed by atoms with Crippen LogP contribution < -0.4 is 5.73 Å². The molecule has 1 aliphatic heterocycles. The number of sulfonamides is 1. The van der Waals surface area contributed by atoms with Crippen molar-refractivity contribution >= 4 is 10.0 Å². The number of piperidine rings is 1. The molecule has 0 saturated carbocycles. The quantitative estimate of drug-likeness (QED) is 0.937. The molecule has 0 radical (unpaired) electrons. The van der Waals surface area contributed by atoms with Crippen LogP contribution in [0.3, 0.4) is 0 Å². The van der Waals surface area contributed by atoms with E-state index in [0.29, 0.717) is 18.0 Å². The van der Waals surface area contributed by atoms with Crippen molar-refractivity contribution in [2.24, 2.45) is 5.73 Å². The minimum Gasteiger partial charge on any atom is -0.329 e. The highest BCUT2D eigenvalue weighted by molar-refractivity contribution is 7.89. The predicted molar refractivity (Wildman–Crippen MR) is 92.5 cm³/mol. The molecule has 1 saturated heterocycles. The Bertz CT molecular complexity index is 760. The topological polar surface area (TPSA) is 63.4 Å². The van der Waals surface area contributed by atoms with Crippen molar-refractivity contribution in [2.75, 3.05) is 13.1 Å². The van der Waals surface area contributed by atoms with Crippen LogP contribution in [0.2, 0.25) is 0 Å². The summed E-state index contributed by atoms with van der Waals surface area (Å²) in [7, 11) is -3.55. The van der Waals surface area contributed by atoms with Gasteiger partial charge in [-0.1, -0.05) is 55.0 Å². The van der Waals surface area contributed by atoms with Gasteiger partial charge in [-0.05, 0) is 24.5 Å². The molecular weight excluding hydrogens is 308 g/mol. The van der Waals surface area contributed by atoms with E-state index in [4.69, 9.17) is 5.73 Å². The van der Waals surface area contributed by atoms with Crippen LogP contribution in [-0.2, 0) is 10.0 Å². The molecule has 0 spiro atoms. The van der Waals surface area contributed by atoms with Gasteiger partial charge in [0.1, 0.15) is 0 Å². The number of hydrogen-bond acceptors (Lipinski definition) is 3. The first-order valence-electron chi connectivity index (χ1n) is 8.01. The highest BCUT2D eigenvalue weighted by Crippen LogP contribution is 2.32. The van der Waals surface area contributed by atoms with Crippen LogP contribution in [0.1, 0.15) is 19.3 Å². The normalized spacial score (nSPS) is 19.6. The summed E-state index contributed by atoms with van der Waals surface area (Å²) in [6, 6.07) is 16.7. The SMILES string of the molecule is NCC1CCCCN1S(=O)(=O)c1ccccc1-c1ccccc1. The van der Waals surface area contributed by atoms with Crippen LogP contribution >= 0.6 is 0 Å². The zero-order valence-electron chi connectivity index (χ0n) is 13.1. The maximum Gasteiger partial charge on any atom is 0.243 e. The van der Waals surface area contributed by atoms with E-state index in [1.807, 2.05) is 42.5 Å². The average molecular weight is 330 g/mol. The Hall–Kier alpha value is -1.69. The van der Waals surface area contributed by atoms with Crippen molar-refractivity contribution in [3.8, 4) is 11.1 Å². The first-order valence-corrected chi connectivity index (χ1v) is 9.45. The molecule has 2 aromatic carbocycles. The van der Waals surface area contributed by atoms with Crippen molar-refractivity contribution in [1.82, 2.24) is 4.31 Å². The summed E-state index contributed by atoms with van der Waals surface area (Å²) < 4.78 is 28.0. The van der Waals surface area contributed by atoms with Gasteiger partial charge >= 0.3 is 0 Å².